The van der Waals surface area contributed by atoms with Gasteiger partial charge in [0.15, 0.2) is 0 Å². The van der Waals surface area contributed by atoms with Crippen molar-refractivity contribution in [3.63, 3.8) is 0 Å². The monoisotopic (exact) mass is 230 g/mol. The van der Waals surface area contributed by atoms with E-state index in [1.165, 1.54) is 6.39 Å². The van der Waals surface area contributed by atoms with E-state index in [4.69, 9.17) is 14.5 Å². The number of aromatic nitrogens is 2. The minimum absolute atomic E-state index is 0. The van der Waals surface area contributed by atoms with Crippen molar-refractivity contribution in [3.8, 4) is 11.5 Å². The largest absolute Gasteiger partial charge is 0.488 e. The quantitative estimate of drug-likeness (QED) is 0.674. The summed E-state index contributed by atoms with van der Waals surface area (Å²) in [6.45, 7) is 0. The first kappa shape index (κ1) is 12.7. The normalized spacial score (nSPS) is 9.47. The molecule has 2 aromatic rings. The van der Waals surface area contributed by atoms with Crippen LogP contribution in [0.25, 0.3) is 11.5 Å². The van der Waals surface area contributed by atoms with Crippen molar-refractivity contribution in [2.75, 3.05) is 0 Å². The van der Waals surface area contributed by atoms with Crippen LogP contribution in [0.5, 0.6) is 0 Å². The maximum atomic E-state index is 8.85. The fourth-order valence-corrected chi connectivity index (χ4v) is 1.10. The Morgan fingerprint density at radius 1 is 1.13 bits per heavy atom. The van der Waals surface area contributed by atoms with Gasteiger partial charge in [-0.2, -0.15) is 0 Å². The Morgan fingerprint density at radius 2 is 1.80 bits per heavy atom. The first-order chi connectivity index (χ1) is 6.77. The van der Waals surface area contributed by atoms with Crippen molar-refractivity contribution in [3.05, 3.63) is 30.7 Å². The van der Waals surface area contributed by atoms with Gasteiger partial charge in [-0.1, -0.05) is 12.1 Å². The molecule has 0 aliphatic carbocycles. The Labute approximate surface area is 116 Å². The fraction of sp³-hybridized carbons (Fsp3) is 0. The van der Waals surface area contributed by atoms with E-state index in [-0.39, 0.29) is 37.7 Å². The van der Waals surface area contributed by atoms with E-state index >= 15 is 0 Å². The van der Waals surface area contributed by atoms with Crippen molar-refractivity contribution >= 4 is 12.6 Å². The number of hydrogen-bond donors (Lipinski definition) is 2. The van der Waals surface area contributed by atoms with Crippen molar-refractivity contribution in [2.24, 2.45) is 0 Å². The fourth-order valence-electron chi connectivity index (χ4n) is 1.10. The molecule has 15 heavy (non-hydrogen) atoms. The molecule has 1 heterocycles. The van der Waals surface area contributed by atoms with Crippen molar-refractivity contribution in [1.29, 1.82) is 0 Å². The van der Waals surface area contributed by atoms with Crippen LogP contribution in [-0.4, -0.2) is 27.4 Å². The number of benzene rings is 1. The standard InChI is InChI=1S/C8H7BN2O3.Ar/c12-9(13)7-3-1-6(2-4-7)8-11-10-5-14-8;/h1-5,12-13H;. The summed E-state index contributed by atoms with van der Waals surface area (Å²) in [6.07, 6.45) is 1.24. The van der Waals surface area contributed by atoms with Gasteiger partial charge in [0, 0.05) is 43.3 Å². The van der Waals surface area contributed by atoms with Gasteiger partial charge in [-0.05, 0) is 17.6 Å². The molecule has 0 aliphatic rings. The average molecular weight is 230 g/mol. The van der Waals surface area contributed by atoms with Crippen LogP contribution in [0.4, 0.5) is 0 Å². The number of rotatable bonds is 2. The summed E-state index contributed by atoms with van der Waals surface area (Å²) >= 11 is 0. The molecule has 0 saturated heterocycles. The summed E-state index contributed by atoms with van der Waals surface area (Å²) in [5.74, 6) is 0.406. The van der Waals surface area contributed by atoms with Gasteiger partial charge in [0.05, 0.1) is 0 Å². The molecule has 78 valence electrons. The molecular weight excluding hydrogens is 223 g/mol. The molecule has 2 N–H and O–H groups in total. The Kier molecular flexibility index (Phi) is 4.75. The summed E-state index contributed by atoms with van der Waals surface area (Å²) < 4.78 is 4.97. The maximum Gasteiger partial charge on any atom is 0.488 e. The van der Waals surface area contributed by atoms with Gasteiger partial charge < -0.3 is 14.5 Å². The average Bonchev–Trinajstić information content (AvgIpc) is 2.71. The maximum absolute atomic E-state index is 8.85. The van der Waals surface area contributed by atoms with Gasteiger partial charge in [-0.3, -0.25) is 0 Å². The molecule has 0 bridgehead atoms. The zero-order valence-corrected chi connectivity index (χ0v) is 8.22. The molecule has 0 radical (unpaired) electrons. The second kappa shape index (κ2) is 5.62. The summed E-state index contributed by atoms with van der Waals surface area (Å²) in [5, 5.41) is 25.0. The molecule has 1 aromatic carbocycles. The topological polar surface area (TPSA) is 79.4 Å². The van der Waals surface area contributed by atoms with Gasteiger partial charge in [0.25, 0.3) is 0 Å². The number of nitrogens with zero attached hydrogens (tertiary/aromatic N) is 2. The molecule has 0 aliphatic heterocycles. The van der Waals surface area contributed by atoms with Crippen LogP contribution >= 0.6 is 0 Å². The molecular formula is C8H7ArBN2O3. The third-order valence-corrected chi connectivity index (χ3v) is 1.82. The molecule has 7 heteroatoms. The van der Waals surface area contributed by atoms with Crippen LogP contribution in [0.1, 0.15) is 0 Å². The third kappa shape index (κ3) is 3.03. The second-order valence-corrected chi connectivity index (χ2v) is 2.74. The van der Waals surface area contributed by atoms with Gasteiger partial charge in [0.2, 0.25) is 12.3 Å². The van der Waals surface area contributed by atoms with Crippen LogP contribution in [0.3, 0.4) is 0 Å². The van der Waals surface area contributed by atoms with Crippen LogP contribution in [0, 0.1) is 37.7 Å². The van der Waals surface area contributed by atoms with Crippen LogP contribution < -0.4 is 5.46 Å². The van der Waals surface area contributed by atoms with E-state index in [1.54, 1.807) is 24.3 Å². The molecule has 0 unspecified atom stereocenters. The van der Waals surface area contributed by atoms with E-state index in [2.05, 4.69) is 10.2 Å². The van der Waals surface area contributed by atoms with Gasteiger partial charge in [-0.15, -0.1) is 10.2 Å². The van der Waals surface area contributed by atoms with Crippen molar-refractivity contribution in [2.45, 2.75) is 0 Å². The minimum Gasteiger partial charge on any atom is -0.423 e. The van der Waals surface area contributed by atoms with Gasteiger partial charge >= 0.3 is 7.12 Å². The molecule has 5 nitrogen and oxygen atoms in total. The molecule has 2 rings (SSSR count). The molecule has 0 spiro atoms. The summed E-state index contributed by atoms with van der Waals surface area (Å²) in [6, 6.07) is 6.54. The third-order valence-electron chi connectivity index (χ3n) is 1.82. The SMILES string of the molecule is OB(O)c1ccc(-c2nnco2)cc1.[Ar]. The van der Waals surface area contributed by atoms with E-state index in [9.17, 15) is 0 Å². The Hall–Kier alpha value is -0.395. The zero-order valence-electron chi connectivity index (χ0n) is 7.51. The van der Waals surface area contributed by atoms with E-state index < -0.39 is 7.12 Å². The molecule has 0 fully saturated rings. The predicted octanol–water partition coefficient (Wildman–Crippen LogP) is -0.584. The Balaban J connectivity index is 0.00000112. The summed E-state index contributed by atoms with van der Waals surface area (Å²) in [7, 11) is -1.45. The Morgan fingerprint density at radius 3 is 2.27 bits per heavy atom. The summed E-state index contributed by atoms with van der Waals surface area (Å²) in [4.78, 5) is 0. The van der Waals surface area contributed by atoms with Crippen molar-refractivity contribution in [1.82, 2.24) is 10.2 Å². The van der Waals surface area contributed by atoms with E-state index in [0.717, 1.165) is 5.56 Å². The molecule has 0 saturated carbocycles. The minimum atomic E-state index is -1.45. The first-order valence-electron chi connectivity index (χ1n) is 4.00. The summed E-state index contributed by atoms with van der Waals surface area (Å²) in [5.41, 5.74) is 1.17. The number of hydrogen-bond acceptors (Lipinski definition) is 5. The zero-order chi connectivity index (χ0) is 9.97. The van der Waals surface area contributed by atoms with Crippen LogP contribution in [0.15, 0.2) is 35.1 Å². The molecule has 1 aromatic heterocycles. The van der Waals surface area contributed by atoms with E-state index in [1.807, 2.05) is 0 Å². The van der Waals surface area contributed by atoms with Gasteiger partial charge in [0.1, 0.15) is 0 Å². The smallest absolute Gasteiger partial charge is 0.423 e. The molecule has 0 amide bonds. The first-order valence-corrected chi connectivity index (χ1v) is 4.00. The predicted molar refractivity (Wildman–Crippen MR) is 49.6 cm³/mol. The van der Waals surface area contributed by atoms with Gasteiger partial charge in [-0.25, -0.2) is 0 Å². The molecule has 0 atom stereocenters. The second-order valence-electron chi connectivity index (χ2n) is 2.74. The van der Waals surface area contributed by atoms with E-state index in [0.29, 0.717) is 11.4 Å². The van der Waals surface area contributed by atoms with Crippen LogP contribution in [-0.2, 0) is 0 Å². The Bertz CT molecular complexity index is 404. The van der Waals surface area contributed by atoms with Crippen LogP contribution in [0.2, 0.25) is 0 Å². The van der Waals surface area contributed by atoms with Crippen molar-refractivity contribution < 1.29 is 52.2 Å².